The second kappa shape index (κ2) is 14.6. The molecule has 0 saturated carbocycles. The molecule has 2 N–H and O–H groups in total. The number of nitrogens with two attached hydrogens (primary N) is 1. The maximum Gasteiger partial charge on any atom is 0.436 e. The fourth-order valence-corrected chi connectivity index (χ4v) is 4.18. The van der Waals surface area contributed by atoms with Gasteiger partial charge < -0.3 is 19.9 Å². The van der Waals surface area contributed by atoms with E-state index in [1.54, 1.807) is 69.3 Å². The molecule has 1 amide bonds. The van der Waals surface area contributed by atoms with Gasteiger partial charge in [-0.05, 0) is 61.7 Å². The van der Waals surface area contributed by atoms with Crippen LogP contribution in [-0.4, -0.2) is 29.8 Å². The summed E-state index contributed by atoms with van der Waals surface area (Å²) in [6.45, 7) is 5.60. The molecule has 0 bridgehead atoms. The highest BCUT2D eigenvalue weighted by Gasteiger charge is 2.18. The number of nitrogens with zero attached hydrogens (tertiary/aromatic N) is 1. The Morgan fingerprint density at radius 2 is 1.45 bits per heavy atom. The van der Waals surface area contributed by atoms with Crippen molar-refractivity contribution in [3.63, 3.8) is 0 Å². The van der Waals surface area contributed by atoms with Gasteiger partial charge >= 0.3 is 12.1 Å². The van der Waals surface area contributed by atoms with E-state index in [4.69, 9.17) is 19.9 Å². The van der Waals surface area contributed by atoms with Crippen LogP contribution in [0.2, 0.25) is 0 Å². The van der Waals surface area contributed by atoms with E-state index >= 15 is 0 Å². The third-order valence-corrected chi connectivity index (χ3v) is 6.28. The van der Waals surface area contributed by atoms with Gasteiger partial charge in [0.1, 0.15) is 30.4 Å². The monoisotopic (exact) mass is 590 g/mol. The van der Waals surface area contributed by atoms with Gasteiger partial charge in [-0.3, -0.25) is 4.79 Å². The molecule has 0 aliphatic carbocycles. The fraction of sp³-hybridized carbons (Fsp3) is 0.167. The van der Waals surface area contributed by atoms with Crippen LogP contribution in [0.5, 0.6) is 5.75 Å². The summed E-state index contributed by atoms with van der Waals surface area (Å²) in [5, 5.41) is 0. The minimum atomic E-state index is -0.810. The van der Waals surface area contributed by atoms with Crippen LogP contribution in [0.4, 0.5) is 4.79 Å². The SMILES string of the molecule is CC(C)(C)OC(=O)N=C(N)c1ccc(OCc2ccccc2)c(C=Cc2c(C=O)cccc2C(=O)OCc2ccccc2)c1. The van der Waals surface area contributed by atoms with E-state index in [-0.39, 0.29) is 18.0 Å². The fourth-order valence-electron chi connectivity index (χ4n) is 4.18. The molecule has 4 aromatic carbocycles. The van der Waals surface area contributed by atoms with Gasteiger partial charge in [-0.15, -0.1) is 0 Å². The summed E-state index contributed by atoms with van der Waals surface area (Å²) in [7, 11) is 0. The van der Waals surface area contributed by atoms with Gasteiger partial charge in [0, 0.05) is 16.7 Å². The molecule has 8 heteroatoms. The maximum absolute atomic E-state index is 13.1. The zero-order valence-electron chi connectivity index (χ0n) is 24.9. The summed E-state index contributed by atoms with van der Waals surface area (Å²) in [6.07, 6.45) is 3.23. The van der Waals surface area contributed by atoms with Gasteiger partial charge in [0.05, 0.1) is 5.56 Å². The van der Waals surface area contributed by atoms with E-state index in [0.717, 1.165) is 11.1 Å². The first-order valence-corrected chi connectivity index (χ1v) is 14.0. The van der Waals surface area contributed by atoms with Gasteiger partial charge in [-0.1, -0.05) is 84.9 Å². The Balaban J connectivity index is 1.68. The number of hydrogen-bond donors (Lipinski definition) is 1. The number of ether oxygens (including phenoxy) is 3. The summed E-state index contributed by atoms with van der Waals surface area (Å²) in [5.74, 6) is -0.0991. The van der Waals surface area contributed by atoms with Gasteiger partial charge in [0.2, 0.25) is 0 Å². The molecule has 0 spiro atoms. The molecule has 44 heavy (non-hydrogen) atoms. The molecule has 0 aromatic heterocycles. The van der Waals surface area contributed by atoms with E-state index in [0.29, 0.717) is 40.9 Å². The molecule has 0 atom stereocenters. The van der Waals surface area contributed by atoms with Crippen molar-refractivity contribution in [2.24, 2.45) is 10.7 Å². The lowest BCUT2D eigenvalue weighted by molar-refractivity contribution is 0.0471. The largest absolute Gasteiger partial charge is 0.488 e. The van der Waals surface area contributed by atoms with Crippen LogP contribution >= 0.6 is 0 Å². The molecule has 0 saturated heterocycles. The highest BCUT2D eigenvalue weighted by molar-refractivity contribution is 6.04. The van der Waals surface area contributed by atoms with Gasteiger partial charge in [0.25, 0.3) is 0 Å². The number of esters is 1. The predicted molar refractivity (Wildman–Crippen MR) is 170 cm³/mol. The van der Waals surface area contributed by atoms with Crippen molar-refractivity contribution in [2.75, 3.05) is 0 Å². The first kappa shape index (κ1) is 31.4. The number of aliphatic imine (C=N–C) groups is 1. The Bertz CT molecular complexity index is 1670. The quantitative estimate of drug-likeness (QED) is 0.0680. The van der Waals surface area contributed by atoms with Crippen LogP contribution in [0.3, 0.4) is 0 Å². The second-order valence-corrected chi connectivity index (χ2v) is 10.8. The van der Waals surface area contributed by atoms with Crippen molar-refractivity contribution in [1.29, 1.82) is 0 Å². The van der Waals surface area contributed by atoms with Crippen molar-refractivity contribution in [3.8, 4) is 5.75 Å². The summed E-state index contributed by atoms with van der Waals surface area (Å²) < 4.78 is 16.9. The Morgan fingerprint density at radius 1 is 0.795 bits per heavy atom. The number of hydrogen-bond acceptors (Lipinski definition) is 6. The van der Waals surface area contributed by atoms with Crippen LogP contribution in [0.25, 0.3) is 12.2 Å². The molecule has 0 fully saturated rings. The van der Waals surface area contributed by atoms with E-state index < -0.39 is 17.7 Å². The second-order valence-electron chi connectivity index (χ2n) is 10.8. The van der Waals surface area contributed by atoms with Crippen molar-refractivity contribution in [2.45, 2.75) is 39.6 Å². The molecule has 0 radical (unpaired) electrons. The molecule has 4 rings (SSSR count). The molecule has 0 aliphatic rings. The number of amidine groups is 1. The topological polar surface area (TPSA) is 117 Å². The Kier molecular flexibility index (Phi) is 10.4. The van der Waals surface area contributed by atoms with Gasteiger partial charge in [-0.2, -0.15) is 4.99 Å². The zero-order chi connectivity index (χ0) is 31.5. The third-order valence-electron chi connectivity index (χ3n) is 6.28. The summed E-state index contributed by atoms with van der Waals surface area (Å²) in [6, 6.07) is 28.9. The molecule has 0 unspecified atom stereocenters. The lowest BCUT2D eigenvalue weighted by atomic mass is 9.99. The Morgan fingerprint density at radius 3 is 2.09 bits per heavy atom. The number of rotatable bonds is 10. The minimum Gasteiger partial charge on any atom is -0.488 e. The van der Waals surface area contributed by atoms with E-state index in [2.05, 4.69) is 4.99 Å². The number of carbonyl (C=O) groups is 3. The molecule has 8 nitrogen and oxygen atoms in total. The molecular weight excluding hydrogens is 556 g/mol. The van der Waals surface area contributed by atoms with Crippen LogP contribution < -0.4 is 10.5 Å². The summed E-state index contributed by atoms with van der Waals surface area (Å²) >= 11 is 0. The number of amides is 1. The lowest BCUT2D eigenvalue weighted by Crippen LogP contribution is -2.24. The Labute approximate surface area is 256 Å². The van der Waals surface area contributed by atoms with Crippen molar-refractivity contribution >= 4 is 36.3 Å². The minimum absolute atomic E-state index is 0.0398. The normalized spacial score (nSPS) is 11.7. The van der Waals surface area contributed by atoms with E-state index in [1.165, 1.54) is 0 Å². The van der Waals surface area contributed by atoms with E-state index in [9.17, 15) is 14.4 Å². The first-order valence-electron chi connectivity index (χ1n) is 14.0. The molecule has 224 valence electrons. The van der Waals surface area contributed by atoms with Crippen molar-refractivity contribution < 1.29 is 28.6 Å². The smallest absolute Gasteiger partial charge is 0.436 e. The van der Waals surface area contributed by atoms with Crippen LogP contribution in [0, 0.1) is 0 Å². The van der Waals surface area contributed by atoms with E-state index in [1.807, 2.05) is 60.7 Å². The maximum atomic E-state index is 13.1. The predicted octanol–water partition coefficient (Wildman–Crippen LogP) is 7.25. The zero-order valence-corrected chi connectivity index (χ0v) is 24.9. The van der Waals surface area contributed by atoms with Crippen molar-refractivity contribution in [1.82, 2.24) is 0 Å². The van der Waals surface area contributed by atoms with Gasteiger partial charge in [0.15, 0.2) is 6.29 Å². The number of benzene rings is 4. The molecule has 0 aliphatic heterocycles. The lowest BCUT2D eigenvalue weighted by Gasteiger charge is -2.17. The summed E-state index contributed by atoms with van der Waals surface area (Å²) in [4.78, 5) is 41.3. The van der Waals surface area contributed by atoms with Crippen LogP contribution in [0.15, 0.2) is 102 Å². The van der Waals surface area contributed by atoms with Crippen LogP contribution in [0.1, 0.15) is 69.3 Å². The summed E-state index contributed by atoms with van der Waals surface area (Å²) in [5.41, 5.74) is 9.21. The van der Waals surface area contributed by atoms with Crippen LogP contribution in [-0.2, 0) is 22.7 Å². The average Bonchev–Trinajstić information content (AvgIpc) is 3.01. The average molecular weight is 591 g/mol. The highest BCUT2D eigenvalue weighted by Crippen LogP contribution is 2.26. The highest BCUT2D eigenvalue weighted by atomic mass is 16.6. The Hall–Kier alpha value is -5.50. The standard InChI is InChI=1S/C36H34N2O6/c1-36(2,3)44-35(41)38-33(37)28-18-20-32(42-23-25-11-6-4-7-12-25)27(21-28)17-19-30-29(22-39)15-10-16-31(30)34(40)43-24-26-13-8-5-9-14-26/h4-22H,23-24H2,1-3H3,(H2,37,38,41). The van der Waals surface area contributed by atoms with Crippen molar-refractivity contribution in [3.05, 3.63) is 136 Å². The molecule has 0 heterocycles. The number of carbonyl (C=O) groups excluding carboxylic acids is 3. The first-order chi connectivity index (χ1) is 21.1. The number of aldehydes is 1. The molecule has 4 aromatic rings. The molecular formula is C36H34N2O6. The third kappa shape index (κ3) is 9.00. The van der Waals surface area contributed by atoms with Gasteiger partial charge in [-0.25, -0.2) is 9.59 Å².